The van der Waals surface area contributed by atoms with Crippen LogP contribution in [0.15, 0.2) is 57.1 Å². The Labute approximate surface area is 124 Å². The summed E-state index contributed by atoms with van der Waals surface area (Å²) in [4.78, 5) is 2.33. The van der Waals surface area contributed by atoms with Crippen molar-refractivity contribution in [3.63, 3.8) is 0 Å². The molecule has 112 valence electrons. The van der Waals surface area contributed by atoms with Crippen LogP contribution >= 0.6 is 0 Å². The maximum atomic E-state index is 12.1. The Kier molecular flexibility index (Phi) is 4.18. The van der Waals surface area contributed by atoms with Gasteiger partial charge in [0.05, 0.1) is 17.4 Å². The summed E-state index contributed by atoms with van der Waals surface area (Å²) in [5.41, 5.74) is 1.05. The van der Waals surface area contributed by atoms with Crippen molar-refractivity contribution in [1.29, 1.82) is 0 Å². The summed E-state index contributed by atoms with van der Waals surface area (Å²) < 4.78 is 29.2. The zero-order valence-corrected chi connectivity index (χ0v) is 13.0. The molecule has 0 radical (unpaired) electrons. The lowest BCUT2D eigenvalue weighted by Crippen LogP contribution is -2.19. The van der Waals surface area contributed by atoms with Gasteiger partial charge in [0, 0.05) is 0 Å². The number of nitrogens with zero attached hydrogens (tertiary/aromatic N) is 1. The van der Waals surface area contributed by atoms with Gasteiger partial charge in [-0.3, -0.25) is 0 Å². The number of furan rings is 1. The molecule has 1 N–H and O–H groups in total. The number of nitrogens with one attached hydrogen (secondary N) is 1. The van der Waals surface area contributed by atoms with Crippen LogP contribution in [0, 0.1) is 0 Å². The number of sulfonamides is 1. The molecule has 0 bridgehead atoms. The fourth-order valence-corrected chi connectivity index (χ4v) is 2.50. The molecule has 0 saturated carbocycles. The molecule has 0 aliphatic carbocycles. The highest BCUT2D eigenvalue weighted by atomic mass is 32.2. The molecule has 2 aromatic rings. The van der Waals surface area contributed by atoms with E-state index in [0.717, 1.165) is 5.56 Å². The molecule has 0 spiro atoms. The van der Waals surface area contributed by atoms with Gasteiger partial charge in [-0.25, -0.2) is 0 Å². The van der Waals surface area contributed by atoms with Crippen LogP contribution in [-0.4, -0.2) is 14.6 Å². The van der Waals surface area contributed by atoms with E-state index in [-0.39, 0.29) is 10.3 Å². The molecule has 0 fully saturated rings. The first-order chi connectivity index (χ1) is 9.79. The van der Waals surface area contributed by atoms with E-state index in [0.29, 0.717) is 5.76 Å². The molecule has 1 heterocycles. The van der Waals surface area contributed by atoms with Crippen LogP contribution in [0.4, 0.5) is 0 Å². The molecule has 0 aliphatic heterocycles. The van der Waals surface area contributed by atoms with Crippen molar-refractivity contribution in [3.8, 4) is 0 Å². The summed E-state index contributed by atoms with van der Waals surface area (Å²) in [7, 11) is -3.67. The number of benzene rings is 1. The highest BCUT2D eigenvalue weighted by Crippen LogP contribution is 2.23. The van der Waals surface area contributed by atoms with Crippen LogP contribution in [0.1, 0.15) is 32.1 Å². The van der Waals surface area contributed by atoms with Gasteiger partial charge in [0.15, 0.2) is 0 Å². The monoisotopic (exact) mass is 306 g/mol. The lowest BCUT2D eigenvalue weighted by atomic mass is 9.87. The molecule has 1 aromatic heterocycles. The van der Waals surface area contributed by atoms with Crippen molar-refractivity contribution < 1.29 is 12.8 Å². The van der Waals surface area contributed by atoms with E-state index in [1.165, 1.54) is 12.5 Å². The van der Waals surface area contributed by atoms with Crippen LogP contribution in [-0.2, 0) is 15.4 Å². The standard InChI is InChI=1S/C15H18N2O3S/c1-15(2,3)12-6-8-14(9-7-12)21(18,19)17-16-11-13-5-4-10-20-13/h4-11,17H,1-3H3/b16-11-. The first-order valence-electron chi connectivity index (χ1n) is 6.48. The van der Waals surface area contributed by atoms with Gasteiger partial charge < -0.3 is 4.42 Å². The predicted octanol–water partition coefficient (Wildman–Crippen LogP) is 2.89. The molecule has 0 amide bonds. The molecule has 0 unspecified atom stereocenters. The van der Waals surface area contributed by atoms with Gasteiger partial charge in [-0.1, -0.05) is 32.9 Å². The van der Waals surface area contributed by atoms with Crippen molar-refractivity contribution in [3.05, 3.63) is 54.0 Å². The third kappa shape index (κ3) is 3.95. The molecular formula is C15H18N2O3S. The molecular weight excluding hydrogens is 288 g/mol. The van der Waals surface area contributed by atoms with Crippen LogP contribution in [0.5, 0.6) is 0 Å². The van der Waals surface area contributed by atoms with Gasteiger partial charge in [-0.15, -0.1) is 0 Å². The Morgan fingerprint density at radius 2 is 1.81 bits per heavy atom. The summed E-state index contributed by atoms with van der Waals surface area (Å²) in [6.07, 6.45) is 2.79. The van der Waals surface area contributed by atoms with Crippen molar-refractivity contribution in [2.45, 2.75) is 31.1 Å². The molecule has 6 heteroatoms. The third-order valence-corrected chi connectivity index (χ3v) is 4.18. The number of hydrogen-bond donors (Lipinski definition) is 1. The van der Waals surface area contributed by atoms with Gasteiger partial charge in [0.1, 0.15) is 5.76 Å². The zero-order valence-electron chi connectivity index (χ0n) is 12.2. The average Bonchev–Trinajstić information content (AvgIpc) is 2.91. The molecule has 21 heavy (non-hydrogen) atoms. The number of hydrazone groups is 1. The summed E-state index contributed by atoms with van der Waals surface area (Å²) in [5.74, 6) is 0.473. The van der Waals surface area contributed by atoms with Crippen LogP contribution < -0.4 is 4.83 Å². The van der Waals surface area contributed by atoms with Crippen molar-refractivity contribution in [2.75, 3.05) is 0 Å². The summed E-state index contributed by atoms with van der Waals surface area (Å²) >= 11 is 0. The Bertz CT molecular complexity index is 709. The first-order valence-corrected chi connectivity index (χ1v) is 7.96. The van der Waals surface area contributed by atoms with Crippen LogP contribution in [0.25, 0.3) is 0 Å². The van der Waals surface area contributed by atoms with E-state index in [4.69, 9.17) is 4.42 Å². The van der Waals surface area contributed by atoms with Gasteiger partial charge in [0.25, 0.3) is 10.0 Å². The topological polar surface area (TPSA) is 71.7 Å². The molecule has 1 aromatic carbocycles. The van der Waals surface area contributed by atoms with Gasteiger partial charge in [-0.2, -0.15) is 18.4 Å². The normalized spacial score (nSPS) is 12.7. The summed E-state index contributed by atoms with van der Waals surface area (Å²) in [5, 5.41) is 3.68. The van der Waals surface area contributed by atoms with Gasteiger partial charge >= 0.3 is 0 Å². The fourth-order valence-electron chi connectivity index (χ4n) is 1.71. The zero-order chi connectivity index (χ0) is 15.5. The minimum absolute atomic E-state index is 0.0207. The van der Waals surface area contributed by atoms with E-state index >= 15 is 0 Å². The van der Waals surface area contributed by atoms with Crippen LogP contribution in [0.3, 0.4) is 0 Å². The molecule has 0 aliphatic rings. The Hall–Kier alpha value is -2.08. The molecule has 2 rings (SSSR count). The highest BCUT2D eigenvalue weighted by molar-refractivity contribution is 7.89. The fraction of sp³-hybridized carbons (Fsp3) is 0.267. The molecule has 0 saturated heterocycles. The SMILES string of the molecule is CC(C)(C)c1ccc(S(=O)(=O)N/N=C\c2ccco2)cc1. The minimum atomic E-state index is -3.67. The lowest BCUT2D eigenvalue weighted by molar-refractivity contribution is 0.559. The van der Waals surface area contributed by atoms with Crippen LogP contribution in [0.2, 0.25) is 0 Å². The Morgan fingerprint density at radius 1 is 1.14 bits per heavy atom. The highest BCUT2D eigenvalue weighted by Gasteiger charge is 2.16. The summed E-state index contributed by atoms with van der Waals surface area (Å²) in [6.45, 7) is 6.22. The smallest absolute Gasteiger partial charge is 0.276 e. The quantitative estimate of drug-likeness (QED) is 0.697. The molecule has 0 atom stereocenters. The maximum absolute atomic E-state index is 12.1. The number of rotatable bonds is 4. The van der Waals surface area contributed by atoms with E-state index in [9.17, 15) is 8.42 Å². The minimum Gasteiger partial charge on any atom is -0.463 e. The Balaban J connectivity index is 2.12. The van der Waals surface area contributed by atoms with E-state index in [1.807, 2.05) is 12.1 Å². The van der Waals surface area contributed by atoms with E-state index in [1.54, 1.807) is 24.3 Å². The predicted molar refractivity (Wildman–Crippen MR) is 81.8 cm³/mol. The maximum Gasteiger partial charge on any atom is 0.276 e. The first kappa shape index (κ1) is 15.3. The van der Waals surface area contributed by atoms with Crippen molar-refractivity contribution >= 4 is 16.2 Å². The second-order valence-corrected chi connectivity index (χ2v) is 7.30. The lowest BCUT2D eigenvalue weighted by Gasteiger charge is -2.19. The second-order valence-electron chi connectivity index (χ2n) is 5.64. The summed E-state index contributed by atoms with van der Waals surface area (Å²) in [6, 6.07) is 10.1. The van der Waals surface area contributed by atoms with Crippen molar-refractivity contribution in [1.82, 2.24) is 4.83 Å². The number of hydrogen-bond acceptors (Lipinski definition) is 4. The second kappa shape index (κ2) is 5.73. The van der Waals surface area contributed by atoms with E-state index < -0.39 is 10.0 Å². The Morgan fingerprint density at radius 3 is 2.33 bits per heavy atom. The van der Waals surface area contributed by atoms with E-state index in [2.05, 4.69) is 30.7 Å². The van der Waals surface area contributed by atoms with Gasteiger partial charge in [-0.05, 0) is 35.2 Å². The van der Waals surface area contributed by atoms with Crippen molar-refractivity contribution in [2.24, 2.45) is 5.10 Å². The molecule has 5 nitrogen and oxygen atoms in total. The van der Waals surface area contributed by atoms with Gasteiger partial charge in [0.2, 0.25) is 0 Å². The largest absolute Gasteiger partial charge is 0.463 e. The average molecular weight is 306 g/mol. The third-order valence-electron chi connectivity index (χ3n) is 2.94.